The van der Waals surface area contributed by atoms with E-state index >= 15 is 0 Å². The van der Waals surface area contributed by atoms with E-state index in [1.165, 1.54) is 19.1 Å². The molecular weight excluding hydrogens is 241 g/mol. The smallest absolute Gasteiger partial charge is 0.318 e. The average Bonchev–Trinajstić information content (AvgIpc) is 2.23. The van der Waals surface area contributed by atoms with Crippen molar-refractivity contribution in [3.8, 4) is 0 Å². The lowest BCUT2D eigenvalue weighted by molar-refractivity contribution is -0.140. The van der Waals surface area contributed by atoms with Gasteiger partial charge in [0, 0.05) is 12.5 Å². The van der Waals surface area contributed by atoms with Crippen molar-refractivity contribution in [3.63, 3.8) is 0 Å². The molecule has 0 heterocycles. The maximum absolute atomic E-state index is 13.1. The Morgan fingerprint density at radius 2 is 2.18 bits per heavy atom. The first-order valence-electron chi connectivity index (χ1n) is 5.03. The van der Waals surface area contributed by atoms with E-state index in [-0.39, 0.29) is 16.7 Å². The lowest BCUT2D eigenvalue weighted by Crippen LogP contribution is -2.16. The number of carbonyl (C=O) groups excluding carboxylic acids is 1. The van der Waals surface area contributed by atoms with E-state index in [1.54, 1.807) is 12.1 Å². The first-order chi connectivity index (χ1) is 7.99. The fourth-order valence-electron chi connectivity index (χ4n) is 1.22. The van der Waals surface area contributed by atoms with Crippen molar-refractivity contribution in [1.29, 1.82) is 0 Å². The van der Waals surface area contributed by atoms with E-state index in [9.17, 15) is 9.18 Å². The molecule has 17 heavy (non-hydrogen) atoms. The largest absolute Gasteiger partial charge is 0.331 e. The Morgan fingerprint density at radius 3 is 2.71 bits per heavy atom. The molecule has 92 valence electrons. The predicted octanol–water partition coefficient (Wildman–Crippen LogP) is 1.97. The molecule has 0 aliphatic carbocycles. The summed E-state index contributed by atoms with van der Waals surface area (Å²) in [4.78, 5) is 15.4. The summed E-state index contributed by atoms with van der Waals surface area (Å²) in [7, 11) is 0.0880. The molecule has 5 heteroatoms. The second kappa shape index (κ2) is 6.39. The molecule has 0 saturated heterocycles. The van der Waals surface area contributed by atoms with Gasteiger partial charge in [-0.2, -0.15) is 0 Å². The van der Waals surface area contributed by atoms with Crippen molar-refractivity contribution in [2.75, 3.05) is 18.3 Å². The van der Waals surface area contributed by atoms with Crippen LogP contribution < -0.4 is 0 Å². The molecule has 1 aromatic rings. The van der Waals surface area contributed by atoms with E-state index in [1.807, 2.05) is 12.5 Å². The summed E-state index contributed by atoms with van der Waals surface area (Å²) in [5.41, 5.74) is 1.24. The van der Waals surface area contributed by atoms with Crippen LogP contribution in [0.25, 0.3) is 0 Å². The molecule has 0 unspecified atom stereocenters. The lowest BCUT2D eigenvalue weighted by atomic mass is 10.1. The second-order valence-electron chi connectivity index (χ2n) is 3.76. The van der Waals surface area contributed by atoms with Gasteiger partial charge >= 0.3 is 5.97 Å². The number of rotatable bonds is 4. The van der Waals surface area contributed by atoms with Crippen molar-refractivity contribution in [3.05, 3.63) is 35.6 Å². The number of halogens is 1. The van der Waals surface area contributed by atoms with Crippen LogP contribution in [0.2, 0.25) is 0 Å². The van der Waals surface area contributed by atoms with Gasteiger partial charge in [-0.25, -0.2) is 9.18 Å². The second-order valence-corrected chi connectivity index (χ2v) is 6.02. The third-order valence-corrected chi connectivity index (χ3v) is 2.72. The topological polar surface area (TPSA) is 38.7 Å². The van der Waals surface area contributed by atoms with Gasteiger partial charge in [-0.1, -0.05) is 17.3 Å². The van der Waals surface area contributed by atoms with Crippen LogP contribution in [-0.4, -0.2) is 29.9 Å². The van der Waals surface area contributed by atoms with Gasteiger partial charge in [0.2, 0.25) is 0 Å². The molecule has 0 saturated carbocycles. The molecule has 0 aromatic heterocycles. The van der Waals surface area contributed by atoms with Crippen LogP contribution in [0.4, 0.5) is 4.39 Å². The Hall–Kier alpha value is -1.36. The van der Waals surface area contributed by atoms with Crippen LogP contribution in [0, 0.1) is 5.82 Å². The minimum Gasteiger partial charge on any atom is -0.318 e. The highest BCUT2D eigenvalue weighted by atomic mass is 32.2. The number of nitrogens with zero attached hydrogens (tertiary/aromatic N) is 1. The maximum atomic E-state index is 13.1. The van der Waals surface area contributed by atoms with Gasteiger partial charge in [-0.05, 0) is 23.0 Å². The first kappa shape index (κ1) is 13.7. The molecule has 0 radical (unpaired) electrons. The Balaban J connectivity index is 2.97. The molecule has 0 aliphatic heterocycles. The number of oxime groups is 1. The van der Waals surface area contributed by atoms with E-state index in [2.05, 4.69) is 9.99 Å². The summed E-state index contributed by atoms with van der Waals surface area (Å²) in [5.74, 6) is -0.160. The number of carbonyl (C=O) groups is 1. The maximum Gasteiger partial charge on any atom is 0.331 e. The summed E-state index contributed by atoms with van der Waals surface area (Å²) in [6, 6.07) is 6.11. The minimum atomic E-state index is -0.481. The Bertz CT molecular complexity index is 432. The van der Waals surface area contributed by atoms with Gasteiger partial charge in [-0.15, -0.1) is 0 Å². The normalized spacial score (nSPS) is 11.7. The molecule has 1 rings (SSSR count). The highest BCUT2D eigenvalue weighted by Crippen LogP contribution is 2.07. The van der Waals surface area contributed by atoms with Crippen LogP contribution in [0.3, 0.4) is 0 Å². The standard InChI is InChI=1S/C12H15FNO2S/c1-9(15)16-14-12(8-17(2)3)10-5-4-6-11(13)7-10/h4-7H,8H2,1-3H3/q+1. The molecule has 0 atom stereocenters. The molecule has 3 nitrogen and oxygen atoms in total. The van der Waals surface area contributed by atoms with Crippen LogP contribution in [0.15, 0.2) is 29.4 Å². The Kier molecular flexibility index (Phi) is 5.15. The SMILES string of the molecule is CC(=O)ON=C(C[S+](C)C)c1cccc(F)c1. The van der Waals surface area contributed by atoms with Gasteiger partial charge < -0.3 is 4.84 Å². The average molecular weight is 256 g/mol. The Labute approximate surface area is 103 Å². The highest BCUT2D eigenvalue weighted by Gasteiger charge is 2.14. The number of benzene rings is 1. The fraction of sp³-hybridized carbons (Fsp3) is 0.333. The molecule has 1 aromatic carbocycles. The van der Waals surface area contributed by atoms with Crippen molar-refractivity contribution < 1.29 is 14.0 Å². The highest BCUT2D eigenvalue weighted by molar-refractivity contribution is 7.96. The summed E-state index contributed by atoms with van der Waals surface area (Å²) < 4.78 is 13.1. The van der Waals surface area contributed by atoms with E-state index in [0.29, 0.717) is 17.0 Å². The summed E-state index contributed by atoms with van der Waals surface area (Å²) >= 11 is 0. The number of hydrogen-bond donors (Lipinski definition) is 0. The molecule has 0 N–H and O–H groups in total. The fourth-order valence-corrected chi connectivity index (χ4v) is 1.99. The molecule has 0 spiro atoms. The zero-order chi connectivity index (χ0) is 12.8. The first-order valence-corrected chi connectivity index (χ1v) is 7.24. The summed E-state index contributed by atoms with van der Waals surface area (Å²) in [6.45, 7) is 1.28. The van der Waals surface area contributed by atoms with Crippen molar-refractivity contribution in [2.45, 2.75) is 6.92 Å². The Morgan fingerprint density at radius 1 is 1.47 bits per heavy atom. The third-order valence-electron chi connectivity index (χ3n) is 1.87. The van der Waals surface area contributed by atoms with Crippen molar-refractivity contribution >= 4 is 22.6 Å². The van der Waals surface area contributed by atoms with Crippen LogP contribution in [0.5, 0.6) is 0 Å². The van der Waals surface area contributed by atoms with Crippen LogP contribution in [0.1, 0.15) is 12.5 Å². The predicted molar refractivity (Wildman–Crippen MR) is 68.8 cm³/mol. The third kappa shape index (κ3) is 4.99. The van der Waals surface area contributed by atoms with Crippen LogP contribution >= 0.6 is 0 Å². The van der Waals surface area contributed by atoms with E-state index in [0.717, 1.165) is 0 Å². The van der Waals surface area contributed by atoms with Crippen LogP contribution in [-0.2, 0) is 20.5 Å². The minimum absolute atomic E-state index is 0.0880. The van der Waals surface area contributed by atoms with Gasteiger partial charge in [0.25, 0.3) is 0 Å². The zero-order valence-electron chi connectivity index (χ0n) is 10.1. The molecular formula is C12H15FNO2S+. The molecule has 0 bridgehead atoms. The molecule has 0 fully saturated rings. The summed E-state index contributed by atoms with van der Waals surface area (Å²) in [6.07, 6.45) is 4.09. The number of hydrogen-bond acceptors (Lipinski definition) is 3. The van der Waals surface area contributed by atoms with Crippen molar-refractivity contribution in [1.82, 2.24) is 0 Å². The molecule has 0 aliphatic rings. The van der Waals surface area contributed by atoms with E-state index in [4.69, 9.17) is 0 Å². The summed E-state index contributed by atoms with van der Waals surface area (Å²) in [5, 5.41) is 3.78. The van der Waals surface area contributed by atoms with Crippen molar-refractivity contribution in [2.24, 2.45) is 5.16 Å². The van der Waals surface area contributed by atoms with Gasteiger partial charge in [0.15, 0.2) is 5.75 Å². The van der Waals surface area contributed by atoms with Gasteiger partial charge in [-0.3, -0.25) is 0 Å². The monoisotopic (exact) mass is 256 g/mol. The lowest BCUT2D eigenvalue weighted by Gasteiger charge is -2.04. The van der Waals surface area contributed by atoms with Gasteiger partial charge in [0.05, 0.1) is 12.5 Å². The van der Waals surface area contributed by atoms with E-state index < -0.39 is 5.97 Å². The van der Waals surface area contributed by atoms with Gasteiger partial charge in [0.1, 0.15) is 11.5 Å². The molecule has 0 amide bonds. The quantitative estimate of drug-likeness (QED) is 0.357. The zero-order valence-corrected chi connectivity index (χ0v) is 10.9.